The van der Waals surface area contributed by atoms with Crippen molar-refractivity contribution in [2.24, 2.45) is 0 Å². The number of amides is 1. The van der Waals surface area contributed by atoms with E-state index in [0.29, 0.717) is 67.0 Å². The number of anilines is 2. The Morgan fingerprint density at radius 1 is 1.03 bits per heavy atom. The van der Waals surface area contributed by atoms with Crippen LogP contribution in [0.25, 0.3) is 0 Å². The smallest absolute Gasteiger partial charge is 0.261 e. The number of halogens is 1. The average molecular weight is 530 g/mol. The molecule has 0 bridgehead atoms. The number of methoxy groups -OCH3 is 1. The van der Waals surface area contributed by atoms with Crippen LogP contribution < -0.4 is 19.7 Å². The standard InChI is InChI=1S/C26H28ClN3O5S/c1-34-22-7-9-23(10-8-22)36(32,33)29-24-18-20(4-11-25(24)30-14-16-35-17-15-30)26(31)28-13-12-19-2-5-21(27)6-3-19/h2-11,18,29H,12-17H2,1H3,(H,28,31). The monoisotopic (exact) mass is 529 g/mol. The lowest BCUT2D eigenvalue weighted by Crippen LogP contribution is -2.37. The maximum absolute atomic E-state index is 13.2. The number of morpholine rings is 1. The largest absolute Gasteiger partial charge is 0.497 e. The van der Waals surface area contributed by atoms with E-state index < -0.39 is 10.0 Å². The number of sulfonamides is 1. The van der Waals surface area contributed by atoms with Gasteiger partial charge < -0.3 is 19.7 Å². The van der Waals surface area contributed by atoms with Gasteiger partial charge in [0.2, 0.25) is 0 Å². The normalized spacial score (nSPS) is 13.8. The van der Waals surface area contributed by atoms with Gasteiger partial charge in [-0.25, -0.2) is 8.42 Å². The predicted molar refractivity (Wildman–Crippen MR) is 141 cm³/mol. The molecule has 4 rings (SSSR count). The van der Waals surface area contributed by atoms with E-state index >= 15 is 0 Å². The first kappa shape index (κ1) is 25.8. The van der Waals surface area contributed by atoms with Gasteiger partial charge in [-0.3, -0.25) is 9.52 Å². The van der Waals surface area contributed by atoms with Crippen molar-refractivity contribution in [2.45, 2.75) is 11.3 Å². The van der Waals surface area contributed by atoms with E-state index in [1.807, 2.05) is 29.2 Å². The number of benzene rings is 3. The van der Waals surface area contributed by atoms with Gasteiger partial charge in [-0.05, 0) is 66.6 Å². The van der Waals surface area contributed by atoms with Crippen LogP contribution in [0, 0.1) is 0 Å². The van der Waals surface area contributed by atoms with Gasteiger partial charge >= 0.3 is 0 Å². The number of ether oxygens (including phenoxy) is 2. The van der Waals surface area contributed by atoms with Gasteiger partial charge in [-0.1, -0.05) is 23.7 Å². The third-order valence-electron chi connectivity index (χ3n) is 5.84. The molecule has 2 N–H and O–H groups in total. The van der Waals surface area contributed by atoms with Crippen LogP contribution in [0.5, 0.6) is 5.75 Å². The topological polar surface area (TPSA) is 97.0 Å². The summed E-state index contributed by atoms with van der Waals surface area (Å²) >= 11 is 5.92. The molecule has 10 heteroatoms. The van der Waals surface area contributed by atoms with Gasteiger partial charge in [0.25, 0.3) is 15.9 Å². The Morgan fingerprint density at radius 3 is 2.39 bits per heavy atom. The van der Waals surface area contributed by atoms with Crippen LogP contribution in [-0.4, -0.2) is 54.3 Å². The van der Waals surface area contributed by atoms with E-state index in [9.17, 15) is 13.2 Å². The summed E-state index contributed by atoms with van der Waals surface area (Å²) in [5.74, 6) is 0.266. The predicted octanol–water partition coefficient (Wildman–Crippen LogP) is 3.96. The lowest BCUT2D eigenvalue weighted by Gasteiger charge is -2.31. The first-order chi connectivity index (χ1) is 17.4. The van der Waals surface area contributed by atoms with E-state index in [0.717, 1.165) is 5.56 Å². The molecule has 0 unspecified atom stereocenters. The summed E-state index contributed by atoms with van der Waals surface area (Å²) in [6.45, 7) is 2.74. The Labute approximate surface area is 216 Å². The molecule has 1 fully saturated rings. The van der Waals surface area contributed by atoms with E-state index in [1.54, 1.807) is 30.3 Å². The second-order valence-corrected chi connectivity index (χ2v) is 10.4. The first-order valence-electron chi connectivity index (χ1n) is 11.5. The van der Waals surface area contributed by atoms with Gasteiger partial charge in [-0.2, -0.15) is 0 Å². The molecular weight excluding hydrogens is 502 g/mol. The van der Waals surface area contributed by atoms with Gasteiger partial charge in [0.05, 0.1) is 36.6 Å². The van der Waals surface area contributed by atoms with Crippen molar-refractivity contribution in [3.63, 3.8) is 0 Å². The van der Waals surface area contributed by atoms with E-state index in [-0.39, 0.29) is 10.8 Å². The molecule has 0 spiro atoms. The summed E-state index contributed by atoms with van der Waals surface area (Å²) in [6.07, 6.45) is 0.645. The van der Waals surface area contributed by atoms with Crippen LogP contribution in [0.3, 0.4) is 0 Å². The van der Waals surface area contributed by atoms with Crippen molar-refractivity contribution >= 4 is 38.9 Å². The highest BCUT2D eigenvalue weighted by Crippen LogP contribution is 2.30. The Morgan fingerprint density at radius 2 is 1.72 bits per heavy atom. The van der Waals surface area contributed by atoms with Crippen molar-refractivity contribution < 1.29 is 22.7 Å². The Hall–Kier alpha value is -3.27. The molecule has 1 heterocycles. The third-order valence-corrected chi connectivity index (χ3v) is 7.47. The molecule has 0 saturated carbocycles. The molecule has 1 aliphatic heterocycles. The van der Waals surface area contributed by atoms with Crippen LogP contribution >= 0.6 is 11.6 Å². The molecule has 0 aromatic heterocycles. The van der Waals surface area contributed by atoms with Crippen molar-refractivity contribution in [3.8, 4) is 5.75 Å². The minimum Gasteiger partial charge on any atom is -0.497 e. The molecule has 1 aliphatic rings. The molecule has 1 amide bonds. The number of rotatable bonds is 9. The summed E-state index contributed by atoms with van der Waals surface area (Å²) in [6, 6.07) is 18.6. The minimum absolute atomic E-state index is 0.0917. The maximum Gasteiger partial charge on any atom is 0.261 e. The van der Waals surface area contributed by atoms with Crippen LogP contribution in [0.15, 0.2) is 71.6 Å². The van der Waals surface area contributed by atoms with E-state index in [2.05, 4.69) is 10.0 Å². The highest BCUT2D eigenvalue weighted by atomic mass is 35.5. The summed E-state index contributed by atoms with van der Waals surface area (Å²) in [5.41, 5.74) is 2.43. The number of hydrogen-bond acceptors (Lipinski definition) is 6. The number of nitrogens with zero attached hydrogens (tertiary/aromatic N) is 1. The fourth-order valence-corrected chi connectivity index (χ4v) is 5.06. The summed E-state index contributed by atoms with van der Waals surface area (Å²) in [5, 5.41) is 3.56. The van der Waals surface area contributed by atoms with Crippen LogP contribution in [0.2, 0.25) is 5.02 Å². The zero-order valence-corrected chi connectivity index (χ0v) is 21.4. The number of nitrogens with one attached hydrogen (secondary N) is 2. The molecule has 3 aromatic carbocycles. The Balaban J connectivity index is 1.54. The highest BCUT2D eigenvalue weighted by Gasteiger charge is 2.22. The van der Waals surface area contributed by atoms with Crippen LogP contribution in [0.4, 0.5) is 11.4 Å². The zero-order chi connectivity index (χ0) is 25.5. The second kappa shape index (κ2) is 11.6. The van der Waals surface area contributed by atoms with Crippen LogP contribution in [0.1, 0.15) is 15.9 Å². The zero-order valence-electron chi connectivity index (χ0n) is 19.9. The molecule has 1 saturated heterocycles. The van der Waals surface area contributed by atoms with Crippen molar-refractivity contribution in [2.75, 3.05) is 49.6 Å². The average Bonchev–Trinajstić information content (AvgIpc) is 2.90. The van der Waals surface area contributed by atoms with Gasteiger partial charge in [0, 0.05) is 30.2 Å². The minimum atomic E-state index is -3.90. The summed E-state index contributed by atoms with van der Waals surface area (Å²) in [4.78, 5) is 15.0. The molecule has 0 atom stereocenters. The summed E-state index contributed by atoms with van der Waals surface area (Å²) in [7, 11) is -2.39. The number of carbonyl (C=O) groups excluding carboxylic acids is 1. The molecular formula is C26H28ClN3O5S. The molecule has 36 heavy (non-hydrogen) atoms. The lowest BCUT2D eigenvalue weighted by atomic mass is 10.1. The number of hydrogen-bond donors (Lipinski definition) is 2. The third kappa shape index (κ3) is 6.48. The van der Waals surface area contributed by atoms with Gasteiger partial charge in [0.15, 0.2) is 0 Å². The molecule has 3 aromatic rings. The van der Waals surface area contributed by atoms with E-state index in [4.69, 9.17) is 21.1 Å². The molecule has 190 valence electrons. The van der Waals surface area contributed by atoms with Crippen LogP contribution in [-0.2, 0) is 21.2 Å². The Kier molecular flexibility index (Phi) is 8.35. The first-order valence-corrected chi connectivity index (χ1v) is 13.4. The fourth-order valence-electron chi connectivity index (χ4n) is 3.87. The Bertz CT molecular complexity index is 1290. The van der Waals surface area contributed by atoms with Gasteiger partial charge in [-0.15, -0.1) is 0 Å². The SMILES string of the molecule is COc1ccc(S(=O)(=O)Nc2cc(C(=O)NCCc3ccc(Cl)cc3)ccc2N2CCOCC2)cc1. The molecule has 8 nitrogen and oxygen atoms in total. The lowest BCUT2D eigenvalue weighted by molar-refractivity contribution is 0.0954. The van der Waals surface area contributed by atoms with Crippen molar-refractivity contribution in [1.29, 1.82) is 0 Å². The summed E-state index contributed by atoms with van der Waals surface area (Å²) < 4.78 is 39.6. The quantitative estimate of drug-likeness (QED) is 0.435. The maximum atomic E-state index is 13.2. The van der Waals surface area contributed by atoms with Gasteiger partial charge in [0.1, 0.15) is 5.75 Å². The highest BCUT2D eigenvalue weighted by molar-refractivity contribution is 7.92. The van der Waals surface area contributed by atoms with Crippen molar-refractivity contribution in [1.82, 2.24) is 5.32 Å². The second-order valence-electron chi connectivity index (χ2n) is 8.24. The van der Waals surface area contributed by atoms with E-state index in [1.165, 1.54) is 19.2 Å². The fraction of sp³-hybridized carbons (Fsp3) is 0.269. The van der Waals surface area contributed by atoms with Crippen molar-refractivity contribution in [3.05, 3.63) is 82.9 Å². The number of carbonyl (C=O) groups is 1. The molecule has 0 radical (unpaired) electrons. The molecule has 0 aliphatic carbocycles.